The predicted octanol–water partition coefficient (Wildman–Crippen LogP) is 3.72. The normalized spacial score (nSPS) is 25.2. The fourth-order valence-corrected chi connectivity index (χ4v) is 3.70. The van der Waals surface area contributed by atoms with E-state index >= 15 is 8.78 Å². The minimum absolute atomic E-state index is 0.0186. The third kappa shape index (κ3) is 3.80. The van der Waals surface area contributed by atoms with Crippen LogP contribution >= 0.6 is 0 Å². The molecule has 3 N–H and O–H groups in total. The lowest BCUT2D eigenvalue weighted by Crippen LogP contribution is -2.67. The summed E-state index contributed by atoms with van der Waals surface area (Å²) in [6, 6.07) is 2.93. The molecule has 1 fully saturated rings. The van der Waals surface area contributed by atoms with Crippen molar-refractivity contribution >= 4 is 17.8 Å². The van der Waals surface area contributed by atoms with Gasteiger partial charge in [-0.25, -0.2) is 19.5 Å². The first-order valence-electron chi connectivity index (χ1n) is 9.60. The summed E-state index contributed by atoms with van der Waals surface area (Å²) in [5, 5.41) is 2.28. The van der Waals surface area contributed by atoms with Gasteiger partial charge in [-0.15, -0.1) is 0 Å². The van der Waals surface area contributed by atoms with Gasteiger partial charge >= 0.3 is 12.0 Å². The molecule has 0 aliphatic carbocycles. The number of nitrogens with zero attached hydrogens (tertiary/aromatic N) is 1. The van der Waals surface area contributed by atoms with Crippen molar-refractivity contribution in [1.29, 1.82) is 0 Å². The molecule has 2 aliphatic heterocycles. The molecule has 1 atom stereocenters. The number of alkyl carbamates (subject to hydrolysis) is 1. The van der Waals surface area contributed by atoms with Crippen LogP contribution in [0.15, 0.2) is 23.2 Å². The molecule has 3 rings (SSSR count). The Morgan fingerprint density at radius 2 is 1.90 bits per heavy atom. The molecule has 1 amide bonds. The number of rotatable bonds is 1. The molecule has 166 valence electrons. The number of hydrogen-bond acceptors (Lipinski definition) is 6. The first-order valence-corrected chi connectivity index (χ1v) is 9.60. The number of anilines is 1. The SMILES string of the molecule is CC(C)(C)OC(=O)NC1=N[C@@](C)(c2cc(N)ccc2F)C(F)(F)C2(CCOCC2)O1. The maximum atomic E-state index is 15.9. The highest BCUT2D eigenvalue weighted by Gasteiger charge is 2.70. The molecule has 2 heterocycles. The van der Waals surface area contributed by atoms with Crippen LogP contribution in [0.5, 0.6) is 0 Å². The van der Waals surface area contributed by atoms with E-state index in [-0.39, 0.29) is 31.7 Å². The number of benzene rings is 1. The van der Waals surface area contributed by atoms with E-state index in [4.69, 9.17) is 19.9 Å². The number of amidine groups is 1. The van der Waals surface area contributed by atoms with Crippen molar-refractivity contribution in [2.24, 2.45) is 4.99 Å². The summed E-state index contributed by atoms with van der Waals surface area (Å²) in [4.78, 5) is 16.2. The Hall–Kier alpha value is -2.49. The maximum absolute atomic E-state index is 15.9. The molecule has 30 heavy (non-hydrogen) atoms. The highest BCUT2D eigenvalue weighted by atomic mass is 19.3. The van der Waals surface area contributed by atoms with Crippen LogP contribution in [0.1, 0.15) is 46.1 Å². The third-order valence-corrected chi connectivity index (χ3v) is 5.22. The molecule has 10 heteroatoms. The zero-order chi connectivity index (χ0) is 22.4. The van der Waals surface area contributed by atoms with Gasteiger partial charge in [0.15, 0.2) is 11.1 Å². The number of nitrogens with two attached hydrogens (primary N) is 1. The third-order valence-electron chi connectivity index (χ3n) is 5.22. The zero-order valence-corrected chi connectivity index (χ0v) is 17.4. The monoisotopic (exact) mass is 429 g/mol. The van der Waals surface area contributed by atoms with Crippen LogP contribution in [0.2, 0.25) is 0 Å². The predicted molar refractivity (Wildman–Crippen MR) is 104 cm³/mol. The van der Waals surface area contributed by atoms with Gasteiger partial charge in [0.2, 0.25) is 0 Å². The molecule has 1 aromatic rings. The molecule has 7 nitrogen and oxygen atoms in total. The minimum Gasteiger partial charge on any atom is -0.452 e. The average molecular weight is 429 g/mol. The van der Waals surface area contributed by atoms with Crippen molar-refractivity contribution in [3.8, 4) is 0 Å². The Kier molecular flexibility index (Phi) is 5.43. The standard InChI is InChI=1S/C20H26F3N3O4/c1-17(2,3)30-16(27)25-15-26-18(4,13-11-12(24)5-6-14(13)21)20(22,23)19(29-15)7-9-28-10-8-19/h5-6,11H,7-10,24H2,1-4H3,(H,25,26,27)/t18-/m0/s1. The summed E-state index contributed by atoms with van der Waals surface area (Å²) in [7, 11) is 0. The Balaban J connectivity index is 2.11. The van der Waals surface area contributed by atoms with Crippen LogP contribution in [-0.2, 0) is 19.7 Å². The van der Waals surface area contributed by atoms with Gasteiger partial charge in [-0.05, 0) is 45.9 Å². The lowest BCUT2D eigenvalue weighted by atomic mass is 9.72. The van der Waals surface area contributed by atoms with E-state index in [2.05, 4.69) is 10.3 Å². The second-order valence-electron chi connectivity index (χ2n) is 8.64. The van der Waals surface area contributed by atoms with Crippen LogP contribution in [0.25, 0.3) is 0 Å². The van der Waals surface area contributed by atoms with Crippen LogP contribution in [-0.4, -0.2) is 42.5 Å². The van der Waals surface area contributed by atoms with E-state index in [1.807, 2.05) is 0 Å². The molecule has 0 saturated carbocycles. The number of ether oxygens (including phenoxy) is 3. The number of hydrogen-bond donors (Lipinski definition) is 2. The van der Waals surface area contributed by atoms with Crippen molar-refractivity contribution < 1.29 is 32.2 Å². The van der Waals surface area contributed by atoms with Crippen LogP contribution in [0.4, 0.5) is 23.7 Å². The summed E-state index contributed by atoms with van der Waals surface area (Å²) in [5.74, 6) is -4.53. The van der Waals surface area contributed by atoms with Gasteiger partial charge in [0, 0.05) is 24.1 Å². The van der Waals surface area contributed by atoms with Crippen molar-refractivity contribution in [2.45, 2.75) is 63.2 Å². The second kappa shape index (κ2) is 7.33. The molecular weight excluding hydrogens is 403 g/mol. The maximum Gasteiger partial charge on any atom is 0.415 e. The topological polar surface area (TPSA) is 95.2 Å². The van der Waals surface area contributed by atoms with Crippen molar-refractivity contribution in [1.82, 2.24) is 5.32 Å². The molecule has 2 aliphatic rings. The number of alkyl halides is 2. The van der Waals surface area contributed by atoms with Gasteiger partial charge < -0.3 is 19.9 Å². The number of amides is 1. The van der Waals surface area contributed by atoms with E-state index in [0.717, 1.165) is 19.1 Å². The largest absolute Gasteiger partial charge is 0.452 e. The molecule has 0 bridgehead atoms. The van der Waals surface area contributed by atoms with Crippen molar-refractivity contribution in [3.63, 3.8) is 0 Å². The van der Waals surface area contributed by atoms with Gasteiger partial charge in [-0.3, -0.25) is 0 Å². The van der Waals surface area contributed by atoms with Crippen molar-refractivity contribution in [3.05, 3.63) is 29.6 Å². The van der Waals surface area contributed by atoms with Gasteiger partial charge in [0.05, 0.1) is 13.2 Å². The van der Waals surface area contributed by atoms with Gasteiger partial charge in [0.1, 0.15) is 11.4 Å². The molecular formula is C20H26F3N3O4. The Labute approximate surface area is 172 Å². The highest BCUT2D eigenvalue weighted by molar-refractivity contribution is 5.91. The number of carbonyl (C=O) groups is 1. The lowest BCUT2D eigenvalue weighted by molar-refractivity contribution is -0.248. The smallest absolute Gasteiger partial charge is 0.415 e. The van der Waals surface area contributed by atoms with Gasteiger partial charge in [-0.2, -0.15) is 8.78 Å². The lowest BCUT2D eigenvalue weighted by Gasteiger charge is -2.51. The Morgan fingerprint density at radius 3 is 2.50 bits per heavy atom. The van der Waals surface area contributed by atoms with Crippen LogP contribution in [0, 0.1) is 5.82 Å². The van der Waals surface area contributed by atoms with E-state index < -0.39 is 46.2 Å². The molecule has 0 aromatic heterocycles. The molecule has 1 aromatic carbocycles. The average Bonchev–Trinajstić information content (AvgIpc) is 2.61. The summed E-state index contributed by atoms with van der Waals surface area (Å²) in [6.07, 6.45) is -1.27. The quantitative estimate of drug-likeness (QED) is 0.664. The minimum atomic E-state index is -3.64. The van der Waals surface area contributed by atoms with Gasteiger partial charge in [-0.1, -0.05) is 0 Å². The fourth-order valence-electron chi connectivity index (χ4n) is 3.70. The summed E-state index contributed by atoms with van der Waals surface area (Å²) in [5.41, 5.74) is 0.162. The first-order chi connectivity index (χ1) is 13.8. The second-order valence-corrected chi connectivity index (χ2v) is 8.64. The molecule has 0 radical (unpaired) electrons. The molecule has 1 saturated heterocycles. The Morgan fingerprint density at radius 1 is 1.27 bits per heavy atom. The van der Waals surface area contributed by atoms with Crippen LogP contribution in [0.3, 0.4) is 0 Å². The van der Waals surface area contributed by atoms with E-state index in [9.17, 15) is 9.18 Å². The van der Waals surface area contributed by atoms with E-state index in [1.54, 1.807) is 20.8 Å². The van der Waals surface area contributed by atoms with Gasteiger partial charge in [0.25, 0.3) is 6.02 Å². The fraction of sp³-hybridized carbons (Fsp3) is 0.600. The van der Waals surface area contributed by atoms with E-state index in [1.165, 1.54) is 6.07 Å². The summed E-state index contributed by atoms with van der Waals surface area (Å²) >= 11 is 0. The van der Waals surface area contributed by atoms with E-state index in [0.29, 0.717) is 0 Å². The Bertz CT molecular complexity index is 863. The van der Waals surface area contributed by atoms with Crippen molar-refractivity contribution in [2.75, 3.05) is 18.9 Å². The van der Waals surface area contributed by atoms with Crippen LogP contribution < -0.4 is 11.1 Å². The molecule has 0 unspecified atom stereocenters. The first kappa shape index (κ1) is 22.2. The number of halogens is 3. The number of aliphatic imine (C=N–C) groups is 1. The number of nitrogens with one attached hydrogen (secondary N) is 1. The summed E-state index contributed by atoms with van der Waals surface area (Å²) in [6.45, 7) is 6.08. The highest BCUT2D eigenvalue weighted by Crippen LogP contribution is 2.55. The number of carbonyl (C=O) groups excluding carboxylic acids is 1. The zero-order valence-electron chi connectivity index (χ0n) is 17.4. The summed E-state index contributed by atoms with van der Waals surface area (Å²) < 4.78 is 62.5. The molecule has 1 spiro atoms. The number of nitrogen functional groups attached to an aromatic ring is 1.